The molecule has 0 amide bonds. The Hall–Kier alpha value is -4.64. The summed E-state index contributed by atoms with van der Waals surface area (Å²) in [6, 6.07) is 29.8. The molecule has 3 N–H and O–H groups in total. The number of aromatic nitrogens is 1. The van der Waals surface area contributed by atoms with E-state index in [2.05, 4.69) is 188 Å². The van der Waals surface area contributed by atoms with Gasteiger partial charge in [0.05, 0.1) is 14.2 Å². The fraction of sp³-hybridized carbons (Fsp3) is 0.190. The SMILES string of the molecule is COOOC.C[NH+]=C1C=CC=C/C1=C/C=C/C=C/c1ccccc1NCCSSCCNc1ccccc1/C=C/c1ccc2ccccc2[n+]1C. The van der Waals surface area contributed by atoms with E-state index in [0.717, 1.165) is 41.7 Å². The van der Waals surface area contributed by atoms with Crippen LogP contribution in [0.5, 0.6) is 0 Å². The number of rotatable bonds is 16. The van der Waals surface area contributed by atoms with Gasteiger partial charge in [-0.25, -0.2) is 14.8 Å². The van der Waals surface area contributed by atoms with Crippen LogP contribution in [0.15, 0.2) is 139 Å². The number of pyridine rings is 1. The van der Waals surface area contributed by atoms with E-state index in [-0.39, 0.29) is 0 Å². The smallest absolute Gasteiger partial charge is 0.212 e. The molecule has 0 spiro atoms. The van der Waals surface area contributed by atoms with E-state index < -0.39 is 0 Å². The zero-order chi connectivity index (χ0) is 35.9. The lowest BCUT2D eigenvalue weighted by atomic mass is 10.1. The van der Waals surface area contributed by atoms with Crippen LogP contribution in [0.4, 0.5) is 11.4 Å². The summed E-state index contributed by atoms with van der Waals surface area (Å²) in [5, 5.41) is 12.3. The van der Waals surface area contributed by atoms with Gasteiger partial charge in [-0.15, -0.1) is 0 Å². The average Bonchev–Trinajstić information content (AvgIpc) is 3.17. The molecule has 0 unspecified atom stereocenters. The number of para-hydroxylation sites is 3. The monoisotopic (exact) mass is 720 g/mol. The topological polar surface area (TPSA) is 69.6 Å². The summed E-state index contributed by atoms with van der Waals surface area (Å²) >= 11 is 0. The van der Waals surface area contributed by atoms with Crippen molar-refractivity contribution in [3.05, 3.63) is 156 Å². The number of fused-ring (bicyclic) bond motifs is 1. The number of aryl methyl sites for hydroxylation is 1. The zero-order valence-electron chi connectivity index (χ0n) is 29.8. The predicted octanol–water partition coefficient (Wildman–Crippen LogP) is 7.64. The number of hydrogen-bond acceptors (Lipinski definition) is 7. The standard InChI is InChI=1S/C40H40N4S2.C2H6O3/c1-41-37-20-10-6-16-32(37)14-4-3-5-15-33-17-7-11-21-38(33)42-28-30-45-46-31-29-43-39-22-12-8-18-34(39)24-26-36-27-25-35-19-9-13-23-40(35)44(36)2;1-3-5-4-2/h3-27H,28-31H2,1-2H3,(H,41,42);1-2H3/p+2. The van der Waals surface area contributed by atoms with Crippen LogP contribution in [0.3, 0.4) is 0 Å². The Morgan fingerprint density at radius 1 is 0.686 bits per heavy atom. The molecule has 0 fully saturated rings. The molecule has 264 valence electrons. The summed E-state index contributed by atoms with van der Waals surface area (Å²) in [6.07, 6.45) is 23.2. The van der Waals surface area contributed by atoms with Gasteiger partial charge in [0.15, 0.2) is 0 Å². The van der Waals surface area contributed by atoms with E-state index in [0.29, 0.717) is 0 Å². The molecule has 5 rings (SSSR count). The summed E-state index contributed by atoms with van der Waals surface area (Å²) in [7, 11) is 10.6. The summed E-state index contributed by atoms with van der Waals surface area (Å²) in [6.45, 7) is 1.83. The normalized spacial score (nSPS) is 14.3. The molecule has 0 saturated carbocycles. The second-order valence-corrected chi connectivity index (χ2v) is 13.7. The first kappa shape index (κ1) is 39.2. The molecule has 0 saturated heterocycles. The van der Waals surface area contributed by atoms with Crippen LogP contribution < -0.4 is 20.2 Å². The summed E-state index contributed by atoms with van der Waals surface area (Å²) in [4.78, 5) is 11.2. The van der Waals surface area contributed by atoms with Gasteiger partial charge in [-0.2, -0.15) is 4.57 Å². The third kappa shape index (κ3) is 13.2. The number of allylic oxidation sites excluding steroid dienone is 9. The molecule has 0 bridgehead atoms. The van der Waals surface area contributed by atoms with Crippen LogP contribution in [0, 0.1) is 0 Å². The van der Waals surface area contributed by atoms with Gasteiger partial charge in [-0.05, 0) is 53.6 Å². The van der Waals surface area contributed by atoms with Crippen LogP contribution in [-0.2, 0) is 21.9 Å². The second kappa shape index (κ2) is 23.0. The molecule has 1 aliphatic rings. The fourth-order valence-electron chi connectivity index (χ4n) is 5.20. The Labute approximate surface area is 310 Å². The van der Waals surface area contributed by atoms with Crippen molar-refractivity contribution in [1.29, 1.82) is 0 Å². The van der Waals surface area contributed by atoms with Gasteiger partial charge in [0, 0.05) is 71.2 Å². The highest BCUT2D eigenvalue weighted by molar-refractivity contribution is 8.76. The first-order chi connectivity index (χ1) is 25.1. The fourth-order valence-corrected chi connectivity index (χ4v) is 7.02. The maximum atomic E-state index is 3.97. The number of hydrogen-bond donors (Lipinski definition) is 3. The van der Waals surface area contributed by atoms with Gasteiger partial charge < -0.3 is 10.6 Å². The minimum Gasteiger partial charge on any atom is -0.384 e. The molecule has 9 heteroatoms. The number of nitrogens with zero attached hydrogens (tertiary/aromatic N) is 1. The quantitative estimate of drug-likeness (QED) is 0.0275. The van der Waals surface area contributed by atoms with E-state index in [9.17, 15) is 0 Å². The Morgan fingerprint density at radius 2 is 1.31 bits per heavy atom. The minimum absolute atomic E-state index is 0.915. The van der Waals surface area contributed by atoms with Crippen LogP contribution in [0.25, 0.3) is 29.1 Å². The molecule has 51 heavy (non-hydrogen) atoms. The van der Waals surface area contributed by atoms with E-state index in [1.54, 1.807) is 0 Å². The van der Waals surface area contributed by atoms with Crippen LogP contribution in [0.1, 0.15) is 16.8 Å². The van der Waals surface area contributed by atoms with E-state index in [1.807, 2.05) is 34.7 Å². The summed E-state index contributed by atoms with van der Waals surface area (Å²) in [5.74, 6) is 2.06. The Balaban J connectivity index is 0.00000109. The lowest BCUT2D eigenvalue weighted by molar-refractivity contribution is -0.646. The van der Waals surface area contributed by atoms with Gasteiger partial charge in [0.2, 0.25) is 16.9 Å². The molecular weight excluding hydrogens is 673 g/mol. The molecule has 0 aliphatic heterocycles. The lowest BCUT2D eigenvalue weighted by Gasteiger charge is -2.10. The highest BCUT2D eigenvalue weighted by Crippen LogP contribution is 2.23. The molecular formula is C42H48N4O3S2+2. The maximum Gasteiger partial charge on any atom is 0.212 e. The predicted molar refractivity (Wildman–Crippen MR) is 220 cm³/mol. The van der Waals surface area contributed by atoms with E-state index in [1.165, 1.54) is 47.5 Å². The van der Waals surface area contributed by atoms with Crippen molar-refractivity contribution in [3.8, 4) is 0 Å². The zero-order valence-corrected chi connectivity index (χ0v) is 31.4. The van der Waals surface area contributed by atoms with Crippen molar-refractivity contribution >= 4 is 67.8 Å². The van der Waals surface area contributed by atoms with E-state index >= 15 is 0 Å². The van der Waals surface area contributed by atoms with Gasteiger partial charge in [-0.1, -0.05) is 112 Å². The van der Waals surface area contributed by atoms with E-state index in [4.69, 9.17) is 0 Å². The van der Waals surface area contributed by atoms with Crippen LogP contribution in [-0.4, -0.2) is 51.6 Å². The number of nitrogens with one attached hydrogen (secondary N) is 3. The molecule has 1 heterocycles. The molecule has 0 atom stereocenters. The molecule has 0 radical (unpaired) electrons. The Kier molecular flexibility index (Phi) is 17.6. The van der Waals surface area contributed by atoms with Crippen molar-refractivity contribution in [2.45, 2.75) is 0 Å². The van der Waals surface area contributed by atoms with Gasteiger partial charge in [-0.3, -0.25) is 0 Å². The molecule has 4 aromatic rings. The Bertz CT molecular complexity index is 1890. The number of benzene rings is 3. The van der Waals surface area contributed by atoms with Crippen LogP contribution >= 0.6 is 21.6 Å². The number of anilines is 2. The van der Waals surface area contributed by atoms with Gasteiger partial charge in [0.1, 0.15) is 14.1 Å². The van der Waals surface area contributed by atoms with Crippen LogP contribution in [0.2, 0.25) is 0 Å². The van der Waals surface area contributed by atoms with Crippen molar-refractivity contribution in [2.24, 2.45) is 7.05 Å². The second-order valence-electron chi connectivity index (χ2n) is 11.0. The highest BCUT2D eigenvalue weighted by atomic mass is 33.1. The molecule has 7 nitrogen and oxygen atoms in total. The van der Waals surface area contributed by atoms with Crippen molar-refractivity contribution in [2.75, 3.05) is 56.5 Å². The minimum atomic E-state index is 0.915. The maximum absolute atomic E-state index is 3.97. The summed E-state index contributed by atoms with van der Waals surface area (Å²) in [5.41, 5.74) is 9.40. The third-order valence-corrected chi connectivity index (χ3v) is 10.1. The Morgan fingerprint density at radius 3 is 1.98 bits per heavy atom. The lowest BCUT2D eigenvalue weighted by Crippen LogP contribution is -2.67. The van der Waals surface area contributed by atoms with Crippen molar-refractivity contribution in [1.82, 2.24) is 0 Å². The molecule has 1 aromatic heterocycles. The summed E-state index contributed by atoms with van der Waals surface area (Å²) < 4.78 is 2.24. The third-order valence-electron chi connectivity index (χ3n) is 7.70. The first-order valence-electron chi connectivity index (χ1n) is 16.8. The first-order valence-corrected chi connectivity index (χ1v) is 19.3. The average molecular weight is 721 g/mol. The largest absolute Gasteiger partial charge is 0.384 e. The highest BCUT2D eigenvalue weighted by Gasteiger charge is 2.09. The molecule has 1 aliphatic carbocycles. The van der Waals surface area contributed by atoms with Crippen molar-refractivity contribution < 1.29 is 24.4 Å². The van der Waals surface area contributed by atoms with Gasteiger partial charge >= 0.3 is 0 Å². The molecule has 3 aromatic carbocycles. The van der Waals surface area contributed by atoms with Crippen molar-refractivity contribution in [3.63, 3.8) is 0 Å². The van der Waals surface area contributed by atoms with Gasteiger partial charge in [0.25, 0.3) is 0 Å².